The molecule has 0 bridgehead atoms. The molecular weight excluding hydrogens is 768 g/mol. The van der Waals surface area contributed by atoms with Gasteiger partial charge in [0.1, 0.15) is 29.6 Å². The highest BCUT2D eigenvalue weighted by Crippen LogP contribution is 2.29. The highest BCUT2D eigenvalue weighted by atomic mass is 35.5. The van der Waals surface area contributed by atoms with Gasteiger partial charge in [-0.3, -0.25) is 14.4 Å². The minimum absolute atomic E-state index is 0.0716. The van der Waals surface area contributed by atoms with Gasteiger partial charge in [-0.1, -0.05) is 32.4 Å². The minimum atomic E-state index is -4.18. The quantitative estimate of drug-likeness (QED) is 0.109. The first-order valence-corrected chi connectivity index (χ1v) is 19.3. The summed E-state index contributed by atoms with van der Waals surface area (Å²) in [6, 6.07) is 11.4. The number of hydrogen-bond acceptors (Lipinski definition) is 11. The number of oxazole rings is 1. The first-order chi connectivity index (χ1) is 26.6. The number of fused-ring (bicyclic) bond motifs is 1. The second-order valence-electron chi connectivity index (χ2n) is 13.3. The first kappa shape index (κ1) is 41.1. The molecule has 1 aliphatic rings. The zero-order chi connectivity index (χ0) is 40.7. The zero-order valence-corrected chi connectivity index (χ0v) is 32.3. The number of ether oxygens (including phenoxy) is 1. The molecule has 18 heteroatoms. The van der Waals surface area contributed by atoms with E-state index in [2.05, 4.69) is 20.9 Å². The van der Waals surface area contributed by atoms with Crippen LogP contribution in [0.25, 0.3) is 11.1 Å². The van der Waals surface area contributed by atoms with Gasteiger partial charge in [-0.25, -0.2) is 32.5 Å². The van der Waals surface area contributed by atoms with Crippen LogP contribution in [0, 0.1) is 11.8 Å². The number of esters is 1. The molecule has 1 aromatic heterocycles. The molecule has 1 aliphatic heterocycles. The third kappa shape index (κ3) is 9.60. The molecule has 0 saturated carbocycles. The van der Waals surface area contributed by atoms with Gasteiger partial charge in [0, 0.05) is 34.8 Å². The lowest BCUT2D eigenvalue weighted by Crippen LogP contribution is -2.55. The van der Waals surface area contributed by atoms with E-state index in [-0.39, 0.29) is 40.1 Å². The highest BCUT2D eigenvalue weighted by Gasteiger charge is 2.40. The Balaban J connectivity index is 1.25. The average Bonchev–Trinajstić information content (AvgIpc) is 3.83. The molecular formula is C38H39ClN6O10S. The summed E-state index contributed by atoms with van der Waals surface area (Å²) in [6.07, 6.45) is 2.06. The Morgan fingerprint density at radius 1 is 0.982 bits per heavy atom. The van der Waals surface area contributed by atoms with Gasteiger partial charge in [0.05, 0.1) is 17.6 Å². The Hall–Kier alpha value is -6.03. The first-order valence-electron chi connectivity index (χ1n) is 17.4. The van der Waals surface area contributed by atoms with Crippen LogP contribution in [0.3, 0.4) is 0 Å². The van der Waals surface area contributed by atoms with E-state index in [1.165, 1.54) is 78.7 Å². The molecule has 4 N–H and O–H groups in total. The van der Waals surface area contributed by atoms with Crippen molar-refractivity contribution in [1.29, 1.82) is 0 Å². The molecule has 1 saturated heterocycles. The Morgan fingerprint density at radius 2 is 1.66 bits per heavy atom. The number of aromatic nitrogens is 1. The van der Waals surface area contributed by atoms with E-state index >= 15 is 0 Å². The maximum Gasteiger partial charge on any atom is 0.337 e. The lowest BCUT2D eigenvalue weighted by atomic mass is 10.00. The number of likely N-dealkylation sites (tertiary alicyclic amines) is 1. The zero-order valence-electron chi connectivity index (χ0n) is 30.7. The number of sulfonamides is 1. The van der Waals surface area contributed by atoms with Gasteiger partial charge in [-0.05, 0) is 85.5 Å². The average molecular weight is 807 g/mol. The standard InChI is InChI=1S/C38H39ClN6O10S/c1-21(2)31(42-33(47)23-7-12-26(13-8-23)40-38(51)44-56(52,53)27-14-10-25(39)11-15-27)36(49)45-18-5-6-29(45)34(48)43-32(22(3)17-19-46)35-41-28-20-24(37(50)54-4)9-16-30(28)55-35/h7-17,20-22,29,31-32H,5-6,18H2,1-4H3,(H,42,47)(H,43,48)(H2,40,44,51)/t22?,29-,31-,32?/m0/s1. The number of nitrogens with one attached hydrogen (secondary N) is 4. The molecule has 3 aromatic carbocycles. The Bertz CT molecular complexity index is 2290. The molecule has 4 aromatic rings. The number of halogens is 1. The summed E-state index contributed by atoms with van der Waals surface area (Å²) in [4.78, 5) is 82.7. The number of nitrogens with zero attached hydrogens (tertiary/aromatic N) is 2. The molecule has 0 spiro atoms. The fourth-order valence-corrected chi connectivity index (χ4v) is 7.10. The van der Waals surface area contributed by atoms with Gasteiger partial charge >= 0.3 is 12.0 Å². The number of carbonyl (C=O) groups is 5. The second kappa shape index (κ2) is 17.6. The van der Waals surface area contributed by atoms with Crippen LogP contribution < -0.4 is 20.7 Å². The molecule has 0 aliphatic carbocycles. The number of rotatable bonds is 13. The summed E-state index contributed by atoms with van der Waals surface area (Å²) in [5.41, 5.74) is 1.24. The van der Waals surface area contributed by atoms with E-state index in [1.54, 1.807) is 32.8 Å². The molecule has 5 rings (SSSR count). The van der Waals surface area contributed by atoms with Gasteiger partial charge in [0.2, 0.25) is 17.7 Å². The summed E-state index contributed by atoms with van der Waals surface area (Å²) in [5.74, 6) is -1.38. The van der Waals surface area contributed by atoms with Crippen molar-refractivity contribution in [3.05, 3.63) is 94.8 Å². The van der Waals surface area contributed by atoms with Crippen molar-refractivity contribution >= 4 is 74.1 Å². The van der Waals surface area contributed by atoms with E-state index in [0.29, 0.717) is 29.0 Å². The third-order valence-electron chi connectivity index (χ3n) is 9.06. The fraction of sp³-hybridized carbons (Fsp3) is 0.316. The Kier molecular flexibility index (Phi) is 12.9. The van der Waals surface area contributed by atoms with Crippen molar-refractivity contribution in [2.75, 3.05) is 19.0 Å². The van der Waals surface area contributed by atoms with Crippen molar-refractivity contribution in [2.45, 2.75) is 56.6 Å². The number of methoxy groups -OCH3 is 1. The molecule has 0 radical (unpaired) electrons. The van der Waals surface area contributed by atoms with Crippen LogP contribution in [0.2, 0.25) is 5.02 Å². The summed E-state index contributed by atoms with van der Waals surface area (Å²) < 4.78 is 37.6. The molecule has 4 atom stereocenters. The van der Waals surface area contributed by atoms with Gasteiger partial charge in [0.15, 0.2) is 5.58 Å². The largest absolute Gasteiger partial charge is 0.465 e. The predicted octanol–water partition coefficient (Wildman–Crippen LogP) is 4.41. The predicted molar refractivity (Wildman–Crippen MR) is 204 cm³/mol. The molecule has 16 nitrogen and oxygen atoms in total. The summed E-state index contributed by atoms with van der Waals surface area (Å²) in [7, 11) is -2.93. The van der Waals surface area contributed by atoms with Gasteiger partial charge in [0.25, 0.3) is 15.9 Å². The maximum absolute atomic E-state index is 14.0. The summed E-state index contributed by atoms with van der Waals surface area (Å²) >= 11 is 5.81. The summed E-state index contributed by atoms with van der Waals surface area (Å²) in [6.45, 7) is 5.41. The number of carbonyl (C=O) groups excluding carboxylic acids is 6. The maximum atomic E-state index is 14.0. The van der Waals surface area contributed by atoms with Crippen molar-refractivity contribution in [3.63, 3.8) is 0 Å². The molecule has 56 heavy (non-hydrogen) atoms. The number of hydrogen-bond donors (Lipinski definition) is 4. The van der Waals surface area contributed by atoms with Gasteiger partial charge in [-0.2, -0.15) is 0 Å². The minimum Gasteiger partial charge on any atom is -0.465 e. The summed E-state index contributed by atoms with van der Waals surface area (Å²) in [5, 5.41) is 8.36. The van der Waals surface area contributed by atoms with E-state index < -0.39 is 63.8 Å². The Labute approximate surface area is 327 Å². The smallest absolute Gasteiger partial charge is 0.337 e. The molecule has 2 unspecified atom stereocenters. The van der Waals surface area contributed by atoms with E-state index in [0.717, 1.165) is 0 Å². The fourth-order valence-electron chi connectivity index (χ4n) is 6.07. The number of urea groups is 1. The van der Waals surface area contributed by atoms with Gasteiger partial charge in [-0.15, -0.1) is 0 Å². The number of benzene rings is 3. The topological polar surface area (TPSA) is 223 Å². The van der Waals surface area contributed by atoms with Crippen LogP contribution >= 0.6 is 11.6 Å². The molecule has 294 valence electrons. The lowest BCUT2D eigenvalue weighted by Gasteiger charge is -2.31. The highest BCUT2D eigenvalue weighted by molar-refractivity contribution is 7.90. The van der Waals surface area contributed by atoms with Crippen molar-refractivity contribution in [3.8, 4) is 0 Å². The molecule has 1 fully saturated rings. The Morgan fingerprint density at radius 3 is 2.30 bits per heavy atom. The van der Waals surface area contributed by atoms with Crippen LogP contribution in [0.15, 0.2) is 82.1 Å². The second-order valence-corrected chi connectivity index (χ2v) is 15.5. The van der Waals surface area contributed by atoms with Crippen LogP contribution in [-0.2, 0) is 29.1 Å². The van der Waals surface area contributed by atoms with Crippen LogP contribution in [-0.4, -0.2) is 79.7 Å². The SMILES string of the molecule is COC(=O)c1ccc2oc(C(NC(=O)[C@@H]3CCCN3C(=O)[C@@H](NC(=O)c3ccc(NC(=O)NS(=O)(=O)c4ccc(Cl)cc4)cc3)C(C)C)C(C)C=C=O)nc2c1. The number of amides is 5. The molecule has 5 amide bonds. The van der Waals surface area contributed by atoms with Crippen LogP contribution in [0.4, 0.5) is 10.5 Å². The molecule has 2 heterocycles. The van der Waals surface area contributed by atoms with E-state index in [9.17, 15) is 37.2 Å². The van der Waals surface area contributed by atoms with Crippen LogP contribution in [0.5, 0.6) is 0 Å². The van der Waals surface area contributed by atoms with E-state index in [1.807, 2.05) is 4.72 Å². The normalized spacial score (nSPS) is 15.6. The lowest BCUT2D eigenvalue weighted by molar-refractivity contribution is -0.141. The monoisotopic (exact) mass is 806 g/mol. The van der Waals surface area contributed by atoms with Crippen molar-refractivity contribution in [2.24, 2.45) is 11.8 Å². The van der Waals surface area contributed by atoms with Gasteiger partial charge < -0.3 is 30.0 Å². The van der Waals surface area contributed by atoms with Crippen molar-refractivity contribution < 1.29 is 46.3 Å². The van der Waals surface area contributed by atoms with Crippen molar-refractivity contribution in [1.82, 2.24) is 25.2 Å². The third-order valence-corrected chi connectivity index (χ3v) is 10.7. The van der Waals surface area contributed by atoms with Crippen LogP contribution in [0.1, 0.15) is 66.3 Å². The number of anilines is 1. The van der Waals surface area contributed by atoms with E-state index in [4.69, 9.17) is 20.8 Å².